The zero-order chi connectivity index (χ0) is 20.0. The predicted octanol–water partition coefficient (Wildman–Crippen LogP) is 1.51. The average Bonchev–Trinajstić information content (AvgIpc) is 3.09. The van der Waals surface area contributed by atoms with Gasteiger partial charge in [0.25, 0.3) is 5.56 Å². The molecule has 4 aromatic rings. The fraction of sp³-hybridized carbons (Fsp3) is 0.300. The Morgan fingerprint density at radius 2 is 1.93 bits per heavy atom. The van der Waals surface area contributed by atoms with Crippen LogP contribution in [-0.2, 0) is 0 Å². The number of nitrogens with one attached hydrogen (secondary N) is 2. The van der Waals surface area contributed by atoms with Gasteiger partial charge < -0.3 is 15.5 Å². The second-order valence-electron chi connectivity index (χ2n) is 7.28. The number of pyridine rings is 1. The van der Waals surface area contributed by atoms with Crippen molar-refractivity contribution in [3.8, 4) is 0 Å². The van der Waals surface area contributed by atoms with E-state index in [1.165, 1.54) is 0 Å². The summed E-state index contributed by atoms with van der Waals surface area (Å²) in [7, 11) is 0. The standard InChI is InChI=1S/C20H22N8O/c1-13-10-15(25-27-12-14(2)22-20(13)27)23-16-4-3-5-17-24-18(11-19(29)28(16)17)26-8-6-21-7-9-26/h3-5,10-12,21H,6-9H2,1-2H3,(H,23,25). The minimum absolute atomic E-state index is 0.122. The summed E-state index contributed by atoms with van der Waals surface area (Å²) in [6, 6.07) is 9.11. The van der Waals surface area contributed by atoms with E-state index in [4.69, 9.17) is 4.98 Å². The number of imidazole rings is 1. The molecule has 0 aliphatic carbocycles. The Bertz CT molecular complexity index is 1270. The number of nitrogens with zero attached hydrogens (tertiary/aromatic N) is 6. The minimum atomic E-state index is -0.122. The van der Waals surface area contributed by atoms with E-state index in [2.05, 4.69) is 25.6 Å². The van der Waals surface area contributed by atoms with Gasteiger partial charge >= 0.3 is 0 Å². The molecule has 1 saturated heterocycles. The highest BCUT2D eigenvalue weighted by Gasteiger charge is 2.15. The summed E-state index contributed by atoms with van der Waals surface area (Å²) in [6.45, 7) is 7.40. The number of hydrogen-bond donors (Lipinski definition) is 2. The van der Waals surface area contributed by atoms with Crippen LogP contribution in [0, 0.1) is 13.8 Å². The maximum atomic E-state index is 12.9. The topological polar surface area (TPSA) is 91.9 Å². The molecule has 148 valence electrons. The monoisotopic (exact) mass is 390 g/mol. The second-order valence-corrected chi connectivity index (χ2v) is 7.28. The summed E-state index contributed by atoms with van der Waals surface area (Å²) in [5.41, 5.74) is 3.21. The summed E-state index contributed by atoms with van der Waals surface area (Å²) >= 11 is 0. The van der Waals surface area contributed by atoms with E-state index < -0.39 is 0 Å². The van der Waals surface area contributed by atoms with Crippen molar-refractivity contribution < 1.29 is 0 Å². The van der Waals surface area contributed by atoms with Crippen LogP contribution in [0.25, 0.3) is 11.3 Å². The van der Waals surface area contributed by atoms with Crippen molar-refractivity contribution in [2.45, 2.75) is 13.8 Å². The summed E-state index contributed by atoms with van der Waals surface area (Å²) < 4.78 is 3.33. The number of rotatable bonds is 3. The maximum Gasteiger partial charge on any atom is 0.261 e. The highest BCUT2D eigenvalue weighted by Crippen LogP contribution is 2.19. The first-order chi connectivity index (χ1) is 14.1. The van der Waals surface area contributed by atoms with Crippen LogP contribution in [0.1, 0.15) is 11.3 Å². The molecule has 29 heavy (non-hydrogen) atoms. The SMILES string of the molecule is Cc1cn2nc(Nc3cccc4nc(N5CCNCC5)cc(=O)n34)cc(C)c2n1. The molecular formula is C20H22N8O. The van der Waals surface area contributed by atoms with Gasteiger partial charge in [-0.1, -0.05) is 6.07 Å². The fourth-order valence-corrected chi connectivity index (χ4v) is 3.73. The summed E-state index contributed by atoms with van der Waals surface area (Å²) in [5, 5.41) is 11.2. The summed E-state index contributed by atoms with van der Waals surface area (Å²) in [6.07, 6.45) is 1.88. The Hall–Kier alpha value is -3.46. The van der Waals surface area contributed by atoms with Crippen molar-refractivity contribution in [1.29, 1.82) is 0 Å². The third-order valence-electron chi connectivity index (χ3n) is 5.10. The van der Waals surface area contributed by atoms with Crippen molar-refractivity contribution in [1.82, 2.24) is 29.3 Å². The molecule has 1 aliphatic heterocycles. The Labute approximate surface area is 167 Å². The molecular weight excluding hydrogens is 368 g/mol. The molecule has 0 spiro atoms. The van der Waals surface area contributed by atoms with Gasteiger partial charge in [-0.3, -0.25) is 4.79 Å². The van der Waals surface area contributed by atoms with E-state index in [1.54, 1.807) is 15.0 Å². The van der Waals surface area contributed by atoms with Gasteiger partial charge in [0.2, 0.25) is 0 Å². The van der Waals surface area contributed by atoms with Crippen LogP contribution < -0.4 is 21.1 Å². The number of anilines is 3. The van der Waals surface area contributed by atoms with Crippen molar-refractivity contribution in [3.05, 3.63) is 58.1 Å². The molecule has 5 rings (SSSR count). The van der Waals surface area contributed by atoms with Crippen molar-refractivity contribution in [3.63, 3.8) is 0 Å². The van der Waals surface area contributed by atoms with Gasteiger partial charge in [-0.15, -0.1) is 5.10 Å². The number of piperazine rings is 1. The summed E-state index contributed by atoms with van der Waals surface area (Å²) in [5.74, 6) is 1.98. The molecule has 9 heteroatoms. The Kier molecular flexibility index (Phi) is 4.17. The molecule has 5 heterocycles. The van der Waals surface area contributed by atoms with Crippen molar-refractivity contribution >= 4 is 28.7 Å². The Morgan fingerprint density at radius 3 is 2.76 bits per heavy atom. The van der Waals surface area contributed by atoms with Crippen molar-refractivity contribution in [2.24, 2.45) is 0 Å². The van der Waals surface area contributed by atoms with Crippen molar-refractivity contribution in [2.75, 3.05) is 36.4 Å². The lowest BCUT2D eigenvalue weighted by molar-refractivity contribution is 0.584. The largest absolute Gasteiger partial charge is 0.354 e. The molecule has 1 aliphatic rings. The van der Waals surface area contributed by atoms with Gasteiger partial charge in [0.15, 0.2) is 11.5 Å². The molecule has 0 aromatic carbocycles. The first-order valence-corrected chi connectivity index (χ1v) is 9.68. The van der Waals surface area contributed by atoms with Crippen LogP contribution in [-0.4, -0.2) is 50.2 Å². The molecule has 1 fully saturated rings. The Balaban J connectivity index is 1.56. The molecule has 0 saturated carbocycles. The third kappa shape index (κ3) is 3.19. The first-order valence-electron chi connectivity index (χ1n) is 9.68. The Morgan fingerprint density at radius 1 is 1.10 bits per heavy atom. The first kappa shape index (κ1) is 17.6. The van der Waals surface area contributed by atoms with Crippen LogP contribution in [0.2, 0.25) is 0 Å². The zero-order valence-electron chi connectivity index (χ0n) is 16.4. The van der Waals surface area contributed by atoms with Crippen LogP contribution in [0.5, 0.6) is 0 Å². The molecule has 2 N–H and O–H groups in total. The van der Waals surface area contributed by atoms with Crippen LogP contribution in [0.4, 0.5) is 17.5 Å². The number of aryl methyl sites for hydroxylation is 2. The normalized spacial score (nSPS) is 14.6. The zero-order valence-corrected chi connectivity index (χ0v) is 16.4. The van der Waals surface area contributed by atoms with E-state index in [0.29, 0.717) is 17.3 Å². The molecule has 0 bridgehead atoms. The maximum absolute atomic E-state index is 12.9. The van der Waals surface area contributed by atoms with Gasteiger partial charge in [-0.2, -0.15) is 0 Å². The molecule has 9 nitrogen and oxygen atoms in total. The highest BCUT2D eigenvalue weighted by molar-refractivity contribution is 5.61. The van der Waals surface area contributed by atoms with Gasteiger partial charge in [0, 0.05) is 32.2 Å². The van der Waals surface area contributed by atoms with Crippen LogP contribution in [0.3, 0.4) is 0 Å². The number of fused-ring (bicyclic) bond motifs is 2. The van der Waals surface area contributed by atoms with E-state index in [9.17, 15) is 4.79 Å². The van der Waals surface area contributed by atoms with Gasteiger partial charge in [-0.05, 0) is 37.6 Å². The highest BCUT2D eigenvalue weighted by atomic mass is 16.1. The molecule has 4 aromatic heterocycles. The third-order valence-corrected chi connectivity index (χ3v) is 5.10. The van der Waals surface area contributed by atoms with Gasteiger partial charge in [-0.25, -0.2) is 18.9 Å². The molecule has 0 atom stereocenters. The lowest BCUT2D eigenvalue weighted by atomic mass is 10.3. The molecule has 0 unspecified atom stereocenters. The minimum Gasteiger partial charge on any atom is -0.354 e. The van der Waals surface area contributed by atoms with Crippen LogP contribution in [0.15, 0.2) is 41.3 Å². The second kappa shape index (κ2) is 6.85. The molecule has 0 radical (unpaired) electrons. The average molecular weight is 390 g/mol. The quantitative estimate of drug-likeness (QED) is 0.548. The van der Waals surface area contributed by atoms with E-state index in [1.807, 2.05) is 44.3 Å². The van der Waals surface area contributed by atoms with E-state index >= 15 is 0 Å². The van der Waals surface area contributed by atoms with E-state index in [-0.39, 0.29) is 5.56 Å². The number of hydrogen-bond acceptors (Lipinski definition) is 7. The lowest BCUT2D eigenvalue weighted by Crippen LogP contribution is -2.44. The summed E-state index contributed by atoms with van der Waals surface area (Å²) in [4.78, 5) is 24.3. The molecule has 0 amide bonds. The fourth-order valence-electron chi connectivity index (χ4n) is 3.73. The number of aromatic nitrogens is 5. The predicted molar refractivity (Wildman–Crippen MR) is 112 cm³/mol. The lowest BCUT2D eigenvalue weighted by Gasteiger charge is -2.28. The van der Waals surface area contributed by atoms with E-state index in [0.717, 1.165) is 48.9 Å². The van der Waals surface area contributed by atoms with Gasteiger partial charge in [0.1, 0.15) is 17.3 Å². The smallest absolute Gasteiger partial charge is 0.261 e. The van der Waals surface area contributed by atoms with Gasteiger partial charge in [0.05, 0.1) is 11.9 Å². The van der Waals surface area contributed by atoms with Crippen LogP contribution >= 0.6 is 0 Å².